The van der Waals surface area contributed by atoms with Gasteiger partial charge in [0, 0.05) is 12.7 Å². The minimum absolute atomic E-state index is 0.0676. The van der Waals surface area contributed by atoms with Crippen LogP contribution in [0.1, 0.15) is 39.1 Å². The van der Waals surface area contributed by atoms with Crippen molar-refractivity contribution in [2.75, 3.05) is 4.72 Å². The monoisotopic (exact) mass is 433 g/mol. The van der Waals surface area contributed by atoms with E-state index in [2.05, 4.69) is 40.7 Å². The molecule has 29 heavy (non-hydrogen) atoms. The molecule has 154 valence electrons. The van der Waals surface area contributed by atoms with Crippen molar-refractivity contribution < 1.29 is 8.42 Å². The summed E-state index contributed by atoms with van der Waals surface area (Å²) >= 11 is 6.09. The Morgan fingerprint density at radius 2 is 1.79 bits per heavy atom. The van der Waals surface area contributed by atoms with Crippen LogP contribution in [-0.2, 0) is 22.0 Å². The maximum absolute atomic E-state index is 13.0. The van der Waals surface area contributed by atoms with Gasteiger partial charge in [-0.2, -0.15) is 0 Å². The van der Waals surface area contributed by atoms with Gasteiger partial charge < -0.3 is 4.57 Å². The molecule has 9 heteroatoms. The van der Waals surface area contributed by atoms with Gasteiger partial charge in [0.2, 0.25) is 0 Å². The van der Waals surface area contributed by atoms with E-state index in [1.165, 1.54) is 12.3 Å². The number of benzene rings is 1. The Morgan fingerprint density at radius 3 is 2.38 bits per heavy atom. The molecule has 1 N–H and O–H groups in total. The smallest absolute Gasteiger partial charge is 0.261 e. The van der Waals surface area contributed by atoms with Gasteiger partial charge in [0.25, 0.3) is 10.0 Å². The number of sulfonamides is 1. The lowest BCUT2D eigenvalue weighted by Crippen LogP contribution is -2.16. The number of hydrogen-bond acceptors (Lipinski definition) is 5. The van der Waals surface area contributed by atoms with Gasteiger partial charge in [-0.25, -0.2) is 13.4 Å². The van der Waals surface area contributed by atoms with Crippen LogP contribution in [0.3, 0.4) is 0 Å². The molecule has 0 aliphatic rings. The van der Waals surface area contributed by atoms with E-state index in [0.717, 1.165) is 5.56 Å². The van der Waals surface area contributed by atoms with Gasteiger partial charge >= 0.3 is 0 Å². The van der Waals surface area contributed by atoms with Crippen LogP contribution >= 0.6 is 11.6 Å². The molecule has 0 spiro atoms. The Kier molecular flexibility index (Phi) is 5.69. The lowest BCUT2D eigenvalue weighted by Gasteiger charge is -2.19. The summed E-state index contributed by atoms with van der Waals surface area (Å²) in [6.45, 7) is 10.6. The first-order valence-electron chi connectivity index (χ1n) is 9.22. The van der Waals surface area contributed by atoms with E-state index in [-0.39, 0.29) is 16.0 Å². The van der Waals surface area contributed by atoms with Crippen LogP contribution < -0.4 is 4.72 Å². The van der Waals surface area contributed by atoms with E-state index in [4.69, 9.17) is 11.6 Å². The Hall–Kier alpha value is -2.45. The Morgan fingerprint density at radius 1 is 1.14 bits per heavy atom. The fourth-order valence-corrected chi connectivity index (χ4v) is 4.18. The highest BCUT2D eigenvalue weighted by Gasteiger charge is 2.22. The van der Waals surface area contributed by atoms with Gasteiger partial charge in [0.15, 0.2) is 5.82 Å². The number of nitrogens with one attached hydrogen (secondary N) is 1. The number of aromatic nitrogens is 4. The normalized spacial score (nSPS) is 12.2. The molecule has 7 nitrogen and oxygen atoms in total. The van der Waals surface area contributed by atoms with Gasteiger partial charge in [-0.1, -0.05) is 44.5 Å². The average Bonchev–Trinajstić information content (AvgIpc) is 3.01. The van der Waals surface area contributed by atoms with E-state index < -0.39 is 10.0 Å². The largest absolute Gasteiger partial charge is 0.310 e. The highest BCUT2D eigenvalue weighted by molar-refractivity contribution is 7.92. The van der Waals surface area contributed by atoms with Crippen LogP contribution in [0.4, 0.5) is 5.69 Å². The number of halogens is 1. The second-order valence-electron chi connectivity index (χ2n) is 7.74. The highest BCUT2D eigenvalue weighted by Crippen LogP contribution is 2.30. The topological polar surface area (TPSA) is 89.8 Å². The van der Waals surface area contributed by atoms with Crippen molar-refractivity contribution >= 4 is 27.3 Å². The van der Waals surface area contributed by atoms with Gasteiger partial charge in [-0.05, 0) is 43.0 Å². The van der Waals surface area contributed by atoms with E-state index in [0.29, 0.717) is 28.9 Å². The fraction of sp³-hybridized carbons (Fsp3) is 0.350. The third-order valence-electron chi connectivity index (χ3n) is 4.59. The molecule has 3 aromatic rings. The SMILES string of the molecule is CCn1c(C)nnc1-c1ncc(Cl)cc1NS(=O)(=O)c1ccc(C(C)(C)C)cc1. The molecule has 1 aromatic carbocycles. The van der Waals surface area contributed by atoms with Crippen molar-refractivity contribution in [1.82, 2.24) is 19.7 Å². The first-order valence-corrected chi connectivity index (χ1v) is 11.1. The zero-order valence-corrected chi connectivity index (χ0v) is 18.6. The number of rotatable bonds is 5. The molecular formula is C20H24ClN5O2S. The molecule has 0 saturated heterocycles. The molecule has 0 aliphatic heterocycles. The standard InChI is InChI=1S/C20H24ClN5O2S/c1-6-26-13(2)23-24-19(26)18-17(11-15(21)12-22-18)25-29(27,28)16-9-7-14(8-10-16)20(3,4)5/h7-12,25H,6H2,1-5H3. The van der Waals surface area contributed by atoms with Gasteiger partial charge in [-0.15, -0.1) is 10.2 Å². The molecule has 2 aromatic heterocycles. The van der Waals surface area contributed by atoms with E-state index in [1.54, 1.807) is 12.1 Å². The number of pyridine rings is 1. The minimum Gasteiger partial charge on any atom is -0.310 e. The molecule has 0 unspecified atom stereocenters. The quantitative estimate of drug-likeness (QED) is 0.643. The third-order valence-corrected chi connectivity index (χ3v) is 6.18. The summed E-state index contributed by atoms with van der Waals surface area (Å²) in [5, 5.41) is 8.55. The lowest BCUT2D eigenvalue weighted by atomic mass is 9.87. The van der Waals surface area contributed by atoms with Crippen LogP contribution in [0, 0.1) is 6.92 Å². The molecule has 0 atom stereocenters. The molecule has 2 heterocycles. The molecule has 3 rings (SSSR count). The molecular weight excluding hydrogens is 410 g/mol. The first-order chi connectivity index (χ1) is 13.5. The Balaban J connectivity index is 2.02. The van der Waals surface area contributed by atoms with Gasteiger partial charge in [-0.3, -0.25) is 4.72 Å². The number of anilines is 1. The minimum atomic E-state index is -3.84. The average molecular weight is 434 g/mol. The van der Waals surface area contributed by atoms with Crippen molar-refractivity contribution in [2.24, 2.45) is 0 Å². The van der Waals surface area contributed by atoms with E-state index in [1.807, 2.05) is 30.5 Å². The van der Waals surface area contributed by atoms with Crippen LogP contribution in [0.2, 0.25) is 5.02 Å². The van der Waals surface area contributed by atoms with Gasteiger partial charge in [0.1, 0.15) is 11.5 Å². The Bertz CT molecular complexity index is 1130. The van der Waals surface area contributed by atoms with Gasteiger partial charge in [0.05, 0.1) is 15.6 Å². The number of aryl methyl sites for hydroxylation is 1. The summed E-state index contributed by atoms with van der Waals surface area (Å²) in [5.74, 6) is 1.19. The van der Waals surface area contributed by atoms with Crippen LogP contribution in [0.25, 0.3) is 11.5 Å². The highest BCUT2D eigenvalue weighted by atomic mass is 35.5. The van der Waals surface area contributed by atoms with Crippen molar-refractivity contribution in [3.05, 3.63) is 52.9 Å². The van der Waals surface area contributed by atoms with Crippen molar-refractivity contribution in [1.29, 1.82) is 0 Å². The number of nitrogens with zero attached hydrogens (tertiary/aromatic N) is 4. The van der Waals surface area contributed by atoms with Crippen LogP contribution in [0.15, 0.2) is 41.4 Å². The van der Waals surface area contributed by atoms with E-state index in [9.17, 15) is 8.42 Å². The summed E-state index contributed by atoms with van der Waals surface area (Å²) in [5.41, 5.74) is 1.60. The Labute approximate surface area is 176 Å². The van der Waals surface area contributed by atoms with Crippen molar-refractivity contribution in [2.45, 2.75) is 51.5 Å². The number of hydrogen-bond donors (Lipinski definition) is 1. The zero-order chi connectivity index (χ0) is 21.4. The summed E-state index contributed by atoms with van der Waals surface area (Å²) in [7, 11) is -3.84. The zero-order valence-electron chi connectivity index (χ0n) is 17.1. The first kappa shape index (κ1) is 21.3. The molecule has 0 radical (unpaired) electrons. The molecule has 0 bridgehead atoms. The molecule has 0 fully saturated rings. The fourth-order valence-electron chi connectivity index (χ4n) is 2.97. The van der Waals surface area contributed by atoms with Crippen molar-refractivity contribution in [3.63, 3.8) is 0 Å². The summed E-state index contributed by atoms with van der Waals surface area (Å²) in [4.78, 5) is 4.47. The maximum Gasteiger partial charge on any atom is 0.261 e. The molecule has 0 aliphatic carbocycles. The van der Waals surface area contributed by atoms with Crippen molar-refractivity contribution in [3.8, 4) is 11.5 Å². The summed E-state index contributed by atoms with van der Waals surface area (Å²) in [6, 6.07) is 8.36. The second kappa shape index (κ2) is 7.76. The molecule has 0 amide bonds. The predicted molar refractivity (Wildman–Crippen MR) is 115 cm³/mol. The van der Waals surface area contributed by atoms with Crippen LogP contribution in [-0.4, -0.2) is 28.2 Å². The predicted octanol–water partition coefficient (Wildman–Crippen LogP) is 4.42. The second-order valence-corrected chi connectivity index (χ2v) is 9.86. The third kappa shape index (κ3) is 4.43. The summed E-state index contributed by atoms with van der Waals surface area (Å²) in [6.07, 6.45) is 1.46. The lowest BCUT2D eigenvalue weighted by molar-refractivity contribution is 0.587. The maximum atomic E-state index is 13.0. The molecule has 0 saturated carbocycles. The van der Waals surface area contributed by atoms with E-state index >= 15 is 0 Å². The van der Waals surface area contributed by atoms with Crippen LogP contribution in [0.5, 0.6) is 0 Å². The summed E-state index contributed by atoms with van der Waals surface area (Å²) < 4.78 is 30.4.